The number of rotatable bonds is 3. The Morgan fingerprint density at radius 2 is 1.17 bits per heavy atom. The molecule has 1 nitrogen and oxygen atoms in total. The SMILES string of the molecule is c1ccc2c(c1)C[P@@](CC[P@@]1Oc3ccccc3-c3ccccc31)c1ccccc1-2. The van der Waals surface area contributed by atoms with E-state index in [1.807, 2.05) is 0 Å². The van der Waals surface area contributed by atoms with Gasteiger partial charge in [-0.15, -0.1) is 0 Å². The second-order valence-corrected chi connectivity index (χ2v) is 12.0. The molecule has 146 valence electrons. The maximum atomic E-state index is 6.58. The first-order chi connectivity index (χ1) is 14.9. The van der Waals surface area contributed by atoms with Crippen molar-refractivity contribution in [1.82, 2.24) is 0 Å². The lowest BCUT2D eigenvalue weighted by molar-refractivity contribution is 0.621. The Morgan fingerprint density at radius 1 is 0.567 bits per heavy atom. The Hall–Kier alpha value is -2.46. The van der Waals surface area contributed by atoms with Crippen LogP contribution in [0.3, 0.4) is 0 Å². The molecule has 0 unspecified atom stereocenters. The van der Waals surface area contributed by atoms with Gasteiger partial charge in [-0.2, -0.15) is 0 Å². The first-order valence-electron chi connectivity index (χ1n) is 10.4. The van der Waals surface area contributed by atoms with Gasteiger partial charge in [-0.1, -0.05) is 98.9 Å². The van der Waals surface area contributed by atoms with Crippen LogP contribution in [0.15, 0.2) is 97.1 Å². The summed E-state index contributed by atoms with van der Waals surface area (Å²) in [5, 5.41) is 2.96. The third-order valence-corrected chi connectivity index (χ3v) is 10.9. The Morgan fingerprint density at radius 3 is 2.00 bits per heavy atom. The molecule has 0 spiro atoms. The normalized spacial score (nSPS) is 18.4. The summed E-state index contributed by atoms with van der Waals surface area (Å²) >= 11 is 0. The summed E-state index contributed by atoms with van der Waals surface area (Å²) in [6.45, 7) is 0. The van der Waals surface area contributed by atoms with Crippen LogP contribution in [-0.4, -0.2) is 12.3 Å². The predicted octanol–water partition coefficient (Wildman–Crippen LogP) is 6.76. The second kappa shape index (κ2) is 7.66. The van der Waals surface area contributed by atoms with Crippen LogP contribution in [0.2, 0.25) is 0 Å². The molecular formula is C27H22OP2. The van der Waals surface area contributed by atoms with Crippen LogP contribution >= 0.6 is 16.1 Å². The van der Waals surface area contributed by atoms with Crippen molar-refractivity contribution in [2.45, 2.75) is 6.16 Å². The molecular weight excluding hydrogens is 402 g/mol. The van der Waals surface area contributed by atoms with Crippen LogP contribution in [-0.2, 0) is 6.16 Å². The second-order valence-electron chi connectivity index (χ2n) is 7.80. The van der Waals surface area contributed by atoms with Crippen molar-refractivity contribution in [3.63, 3.8) is 0 Å². The number of fused-ring (bicyclic) bond motifs is 6. The third kappa shape index (κ3) is 3.09. The minimum atomic E-state index is -0.639. The summed E-state index contributed by atoms with van der Waals surface area (Å²) in [7, 11) is -0.859. The summed E-state index contributed by atoms with van der Waals surface area (Å²) in [5.74, 6) is 1.05. The van der Waals surface area contributed by atoms with Crippen molar-refractivity contribution in [3.05, 3.63) is 103 Å². The van der Waals surface area contributed by atoms with Gasteiger partial charge in [0, 0.05) is 17.0 Å². The highest BCUT2D eigenvalue weighted by Gasteiger charge is 2.29. The van der Waals surface area contributed by atoms with E-state index >= 15 is 0 Å². The molecule has 2 heterocycles. The van der Waals surface area contributed by atoms with Crippen LogP contribution in [0.4, 0.5) is 0 Å². The summed E-state index contributed by atoms with van der Waals surface area (Å²) < 4.78 is 6.58. The topological polar surface area (TPSA) is 9.23 Å². The third-order valence-electron chi connectivity index (χ3n) is 6.05. The molecule has 0 aliphatic carbocycles. The molecule has 0 N–H and O–H groups in total. The van der Waals surface area contributed by atoms with E-state index < -0.39 is 8.15 Å². The Kier molecular flexibility index (Phi) is 4.68. The number of hydrogen-bond donors (Lipinski definition) is 0. The van der Waals surface area contributed by atoms with E-state index in [1.165, 1.54) is 45.4 Å². The molecule has 30 heavy (non-hydrogen) atoms. The maximum absolute atomic E-state index is 6.58. The van der Waals surface area contributed by atoms with Gasteiger partial charge in [-0.05, 0) is 45.9 Å². The molecule has 4 aromatic rings. The molecule has 0 saturated carbocycles. The first kappa shape index (κ1) is 18.3. The molecule has 2 atom stereocenters. The Balaban J connectivity index is 1.31. The monoisotopic (exact) mass is 424 g/mol. The largest absolute Gasteiger partial charge is 0.469 e. The number of benzene rings is 4. The summed E-state index contributed by atoms with van der Waals surface area (Å²) in [4.78, 5) is 0. The van der Waals surface area contributed by atoms with Gasteiger partial charge in [0.05, 0.1) is 0 Å². The van der Waals surface area contributed by atoms with E-state index in [9.17, 15) is 0 Å². The van der Waals surface area contributed by atoms with Gasteiger partial charge in [0.2, 0.25) is 0 Å². The average Bonchev–Trinajstić information content (AvgIpc) is 2.82. The molecule has 0 amide bonds. The van der Waals surface area contributed by atoms with E-state index in [-0.39, 0.29) is 7.92 Å². The lowest BCUT2D eigenvalue weighted by Gasteiger charge is -2.32. The standard InChI is InChI=1S/C27H22OP2/c1-2-10-21-20(9-1)19-29(26-15-7-4-12-23(21)26)17-18-30-27-16-8-5-13-24(27)22-11-3-6-14-25(22)28-30/h1-16H,17-19H2/t29-,30-/m1/s1. The van der Waals surface area contributed by atoms with E-state index in [0.29, 0.717) is 0 Å². The maximum Gasteiger partial charge on any atom is 0.131 e. The summed E-state index contributed by atoms with van der Waals surface area (Å²) in [6, 6.07) is 35.3. The quantitative estimate of drug-likeness (QED) is 0.330. The van der Waals surface area contributed by atoms with Crippen molar-refractivity contribution in [2.24, 2.45) is 0 Å². The number of hydrogen-bond acceptors (Lipinski definition) is 1. The van der Waals surface area contributed by atoms with Crippen molar-refractivity contribution in [3.8, 4) is 28.0 Å². The van der Waals surface area contributed by atoms with Crippen molar-refractivity contribution >= 4 is 26.7 Å². The van der Waals surface area contributed by atoms with Crippen LogP contribution in [0, 0.1) is 0 Å². The van der Waals surface area contributed by atoms with Crippen LogP contribution in [0.5, 0.6) is 5.75 Å². The molecule has 4 aromatic carbocycles. The minimum Gasteiger partial charge on any atom is -0.469 e. The average molecular weight is 424 g/mol. The van der Waals surface area contributed by atoms with Crippen LogP contribution in [0.25, 0.3) is 22.3 Å². The smallest absolute Gasteiger partial charge is 0.131 e. The molecule has 0 radical (unpaired) electrons. The van der Waals surface area contributed by atoms with Gasteiger partial charge in [-0.25, -0.2) is 0 Å². The van der Waals surface area contributed by atoms with E-state index in [1.54, 1.807) is 5.30 Å². The fourth-order valence-electron chi connectivity index (χ4n) is 4.62. The highest BCUT2D eigenvalue weighted by Crippen LogP contribution is 2.53. The number of para-hydroxylation sites is 1. The lowest BCUT2D eigenvalue weighted by atomic mass is 10.0. The minimum absolute atomic E-state index is 0.219. The van der Waals surface area contributed by atoms with Gasteiger partial charge < -0.3 is 4.52 Å². The molecule has 0 aromatic heterocycles. The molecule has 0 saturated heterocycles. The predicted molar refractivity (Wildman–Crippen MR) is 131 cm³/mol. The van der Waals surface area contributed by atoms with Crippen molar-refractivity contribution < 1.29 is 4.52 Å². The Bertz CT molecular complexity index is 1140. The molecule has 3 heteroatoms. The van der Waals surface area contributed by atoms with Gasteiger partial charge in [0.25, 0.3) is 0 Å². The highest BCUT2D eigenvalue weighted by molar-refractivity contribution is 7.67. The molecule has 0 bridgehead atoms. The molecule has 2 aliphatic heterocycles. The van der Waals surface area contributed by atoms with Gasteiger partial charge >= 0.3 is 0 Å². The molecule has 0 fully saturated rings. The molecule has 6 rings (SSSR count). The van der Waals surface area contributed by atoms with Gasteiger partial charge in [0.15, 0.2) is 0 Å². The van der Waals surface area contributed by atoms with E-state index in [4.69, 9.17) is 4.52 Å². The van der Waals surface area contributed by atoms with Crippen molar-refractivity contribution in [2.75, 3.05) is 12.3 Å². The van der Waals surface area contributed by atoms with Gasteiger partial charge in [-0.3, -0.25) is 0 Å². The van der Waals surface area contributed by atoms with Crippen molar-refractivity contribution in [1.29, 1.82) is 0 Å². The lowest BCUT2D eigenvalue weighted by Crippen LogP contribution is -2.20. The zero-order valence-electron chi connectivity index (χ0n) is 16.7. The van der Waals surface area contributed by atoms with E-state index in [0.717, 1.165) is 11.9 Å². The molecule has 2 aliphatic rings. The summed E-state index contributed by atoms with van der Waals surface area (Å²) in [6.07, 6.45) is 3.51. The summed E-state index contributed by atoms with van der Waals surface area (Å²) in [5.41, 5.74) is 6.95. The first-order valence-corrected chi connectivity index (χ1v) is 13.6. The highest BCUT2D eigenvalue weighted by atomic mass is 31.1. The van der Waals surface area contributed by atoms with Gasteiger partial charge in [0.1, 0.15) is 13.9 Å². The fourth-order valence-corrected chi connectivity index (χ4v) is 9.95. The Labute approximate surface area is 180 Å². The van der Waals surface area contributed by atoms with Crippen LogP contribution in [0.1, 0.15) is 5.56 Å². The van der Waals surface area contributed by atoms with Crippen LogP contribution < -0.4 is 15.1 Å². The van der Waals surface area contributed by atoms with E-state index in [2.05, 4.69) is 97.1 Å². The fraction of sp³-hybridized carbons (Fsp3) is 0.111. The zero-order valence-corrected chi connectivity index (χ0v) is 18.5. The zero-order chi connectivity index (χ0) is 19.9.